The van der Waals surface area contributed by atoms with Gasteiger partial charge in [-0.2, -0.15) is 0 Å². The first-order chi connectivity index (χ1) is 6.90. The standard InChI is InChI=1S/C10H14N2O3/c1-10(2,15)6-12-8-7(9(13)14)4-3-5-11-8/h3-5,15H,6H2,1-2H3,(H,11,12)(H,13,14). The average Bonchev–Trinajstić information content (AvgIpc) is 2.14. The summed E-state index contributed by atoms with van der Waals surface area (Å²) in [7, 11) is 0. The lowest BCUT2D eigenvalue weighted by Crippen LogP contribution is -2.30. The minimum Gasteiger partial charge on any atom is -0.478 e. The Balaban J connectivity index is 2.81. The topological polar surface area (TPSA) is 82.5 Å². The lowest BCUT2D eigenvalue weighted by Gasteiger charge is -2.18. The highest BCUT2D eigenvalue weighted by Crippen LogP contribution is 2.12. The molecule has 0 aromatic carbocycles. The van der Waals surface area contributed by atoms with Crippen molar-refractivity contribution < 1.29 is 15.0 Å². The Morgan fingerprint density at radius 1 is 1.60 bits per heavy atom. The summed E-state index contributed by atoms with van der Waals surface area (Å²) in [6.45, 7) is 3.50. The predicted octanol–water partition coefficient (Wildman–Crippen LogP) is 0.963. The van der Waals surface area contributed by atoms with Crippen LogP contribution in [0.15, 0.2) is 18.3 Å². The number of carbonyl (C=O) groups is 1. The summed E-state index contributed by atoms with van der Waals surface area (Å²) < 4.78 is 0. The zero-order chi connectivity index (χ0) is 11.5. The fourth-order valence-electron chi connectivity index (χ4n) is 1.02. The average molecular weight is 210 g/mol. The monoisotopic (exact) mass is 210 g/mol. The van der Waals surface area contributed by atoms with Crippen LogP contribution in [0.3, 0.4) is 0 Å². The van der Waals surface area contributed by atoms with Gasteiger partial charge in [0.05, 0.1) is 5.60 Å². The number of carboxylic acid groups (broad SMARTS) is 1. The second-order valence-electron chi connectivity index (χ2n) is 3.87. The third-order valence-electron chi connectivity index (χ3n) is 1.73. The number of nitrogens with zero attached hydrogens (tertiary/aromatic N) is 1. The normalized spacial score (nSPS) is 11.1. The molecule has 3 N–H and O–H groups in total. The Hall–Kier alpha value is -1.62. The third-order valence-corrected chi connectivity index (χ3v) is 1.73. The lowest BCUT2D eigenvalue weighted by molar-refractivity contribution is 0.0695. The van der Waals surface area contributed by atoms with Crippen LogP contribution in [0, 0.1) is 0 Å². The van der Waals surface area contributed by atoms with Gasteiger partial charge in [-0.25, -0.2) is 9.78 Å². The molecule has 1 aromatic heterocycles. The van der Waals surface area contributed by atoms with E-state index in [4.69, 9.17) is 5.11 Å². The smallest absolute Gasteiger partial charge is 0.339 e. The van der Waals surface area contributed by atoms with Gasteiger partial charge in [-0.3, -0.25) is 0 Å². The van der Waals surface area contributed by atoms with E-state index in [9.17, 15) is 9.90 Å². The van der Waals surface area contributed by atoms with Gasteiger partial charge >= 0.3 is 5.97 Å². The highest BCUT2D eigenvalue weighted by atomic mass is 16.4. The number of anilines is 1. The second kappa shape index (κ2) is 4.27. The maximum Gasteiger partial charge on any atom is 0.339 e. The number of nitrogens with one attached hydrogen (secondary N) is 1. The number of pyridine rings is 1. The van der Waals surface area contributed by atoms with Crippen molar-refractivity contribution in [2.75, 3.05) is 11.9 Å². The molecule has 82 valence electrons. The first-order valence-electron chi connectivity index (χ1n) is 4.55. The number of aliphatic hydroxyl groups is 1. The van der Waals surface area contributed by atoms with Crippen LogP contribution in [0.1, 0.15) is 24.2 Å². The van der Waals surface area contributed by atoms with E-state index in [1.807, 2.05) is 0 Å². The van der Waals surface area contributed by atoms with Crippen molar-refractivity contribution in [3.63, 3.8) is 0 Å². The van der Waals surface area contributed by atoms with Crippen molar-refractivity contribution in [1.29, 1.82) is 0 Å². The summed E-state index contributed by atoms with van der Waals surface area (Å²) in [5.41, 5.74) is -0.811. The van der Waals surface area contributed by atoms with Crippen LogP contribution in [0.4, 0.5) is 5.82 Å². The molecular weight excluding hydrogens is 196 g/mol. The number of carboxylic acids is 1. The number of hydrogen-bond donors (Lipinski definition) is 3. The lowest BCUT2D eigenvalue weighted by atomic mass is 10.1. The third kappa shape index (κ3) is 3.55. The molecule has 0 unspecified atom stereocenters. The van der Waals surface area contributed by atoms with E-state index in [2.05, 4.69) is 10.3 Å². The molecule has 0 amide bonds. The SMILES string of the molecule is CC(C)(O)CNc1ncccc1C(=O)O. The molecule has 0 aliphatic heterocycles. The molecule has 1 aromatic rings. The fourth-order valence-corrected chi connectivity index (χ4v) is 1.02. The van der Waals surface area contributed by atoms with Crippen LogP contribution >= 0.6 is 0 Å². The quantitative estimate of drug-likeness (QED) is 0.689. The van der Waals surface area contributed by atoms with Gasteiger partial charge in [-0.05, 0) is 26.0 Å². The van der Waals surface area contributed by atoms with Crippen molar-refractivity contribution in [3.05, 3.63) is 23.9 Å². The predicted molar refractivity (Wildman–Crippen MR) is 56.0 cm³/mol. The molecule has 0 bridgehead atoms. The number of hydrogen-bond acceptors (Lipinski definition) is 4. The van der Waals surface area contributed by atoms with Gasteiger partial charge < -0.3 is 15.5 Å². The van der Waals surface area contributed by atoms with E-state index in [1.54, 1.807) is 19.9 Å². The summed E-state index contributed by atoms with van der Waals surface area (Å²) in [4.78, 5) is 14.7. The molecule has 1 rings (SSSR count). The minimum atomic E-state index is -1.04. The van der Waals surface area contributed by atoms with E-state index in [0.717, 1.165) is 0 Å². The molecule has 0 radical (unpaired) electrons. The van der Waals surface area contributed by atoms with Crippen molar-refractivity contribution in [1.82, 2.24) is 4.98 Å². The largest absolute Gasteiger partial charge is 0.478 e. The van der Waals surface area contributed by atoms with Crippen molar-refractivity contribution in [2.45, 2.75) is 19.4 Å². The number of rotatable bonds is 4. The Morgan fingerprint density at radius 3 is 2.80 bits per heavy atom. The Labute approximate surface area is 87.8 Å². The number of aromatic nitrogens is 1. The maximum atomic E-state index is 10.8. The molecule has 1 heterocycles. The van der Waals surface area contributed by atoms with Gasteiger partial charge in [0.1, 0.15) is 11.4 Å². The highest BCUT2D eigenvalue weighted by Gasteiger charge is 2.15. The Morgan fingerprint density at radius 2 is 2.27 bits per heavy atom. The minimum absolute atomic E-state index is 0.0988. The molecule has 15 heavy (non-hydrogen) atoms. The molecule has 5 nitrogen and oxygen atoms in total. The van der Waals surface area contributed by atoms with Crippen molar-refractivity contribution >= 4 is 11.8 Å². The summed E-state index contributed by atoms with van der Waals surface area (Å²) in [5, 5.41) is 21.1. The first-order valence-corrected chi connectivity index (χ1v) is 4.55. The zero-order valence-electron chi connectivity index (χ0n) is 8.69. The van der Waals surface area contributed by atoms with E-state index in [1.165, 1.54) is 12.3 Å². The molecular formula is C10H14N2O3. The van der Waals surface area contributed by atoms with Gasteiger partial charge in [-0.1, -0.05) is 0 Å². The molecule has 0 aliphatic rings. The molecule has 0 fully saturated rings. The van der Waals surface area contributed by atoms with Gasteiger partial charge in [0.2, 0.25) is 0 Å². The van der Waals surface area contributed by atoms with E-state index < -0.39 is 11.6 Å². The van der Waals surface area contributed by atoms with Crippen molar-refractivity contribution in [3.8, 4) is 0 Å². The van der Waals surface area contributed by atoms with Crippen molar-refractivity contribution in [2.24, 2.45) is 0 Å². The van der Waals surface area contributed by atoms with Gasteiger partial charge in [-0.15, -0.1) is 0 Å². The Bertz CT molecular complexity index is 358. The van der Waals surface area contributed by atoms with Crippen LogP contribution in [-0.4, -0.2) is 33.3 Å². The van der Waals surface area contributed by atoms with Crippen LogP contribution in [-0.2, 0) is 0 Å². The zero-order valence-corrected chi connectivity index (χ0v) is 8.69. The fraction of sp³-hybridized carbons (Fsp3) is 0.400. The van der Waals surface area contributed by atoms with E-state index in [0.29, 0.717) is 0 Å². The summed E-state index contributed by atoms with van der Waals surface area (Å²) in [6, 6.07) is 3.01. The van der Waals surface area contributed by atoms with Gasteiger partial charge in [0, 0.05) is 12.7 Å². The molecule has 0 atom stereocenters. The highest BCUT2D eigenvalue weighted by molar-refractivity contribution is 5.92. The molecule has 0 spiro atoms. The molecule has 5 heteroatoms. The van der Waals surface area contributed by atoms with Crippen LogP contribution in [0.2, 0.25) is 0 Å². The molecule has 0 aliphatic carbocycles. The second-order valence-corrected chi connectivity index (χ2v) is 3.87. The summed E-state index contributed by atoms with van der Waals surface area (Å²) in [5.74, 6) is -0.770. The van der Waals surface area contributed by atoms with Gasteiger partial charge in [0.25, 0.3) is 0 Å². The number of aromatic carboxylic acids is 1. The van der Waals surface area contributed by atoms with E-state index in [-0.39, 0.29) is 17.9 Å². The summed E-state index contributed by atoms with van der Waals surface area (Å²) >= 11 is 0. The first kappa shape index (κ1) is 11.5. The van der Waals surface area contributed by atoms with Crippen LogP contribution in [0.5, 0.6) is 0 Å². The maximum absolute atomic E-state index is 10.8. The Kier molecular flexibility index (Phi) is 3.26. The van der Waals surface area contributed by atoms with Gasteiger partial charge in [0.15, 0.2) is 0 Å². The molecule has 0 saturated heterocycles. The molecule has 0 saturated carbocycles. The van der Waals surface area contributed by atoms with Crippen LogP contribution < -0.4 is 5.32 Å². The van der Waals surface area contributed by atoms with E-state index >= 15 is 0 Å². The summed E-state index contributed by atoms with van der Waals surface area (Å²) in [6.07, 6.45) is 1.50. The van der Waals surface area contributed by atoms with Crippen LogP contribution in [0.25, 0.3) is 0 Å².